The van der Waals surface area contributed by atoms with Gasteiger partial charge in [0.1, 0.15) is 0 Å². The normalized spacial score (nSPS) is 10.4. The Morgan fingerprint density at radius 2 is 1.94 bits per heavy atom. The van der Waals surface area contributed by atoms with Gasteiger partial charge in [-0.1, -0.05) is 29.3 Å². The molecule has 1 heterocycles. The highest BCUT2D eigenvalue weighted by atomic mass is 79.9. The highest BCUT2D eigenvalue weighted by Crippen LogP contribution is 2.32. The van der Waals surface area contributed by atoms with E-state index in [1.54, 1.807) is 18.2 Å². The molecule has 0 spiro atoms. The topological polar surface area (TPSA) is 26.3 Å². The van der Waals surface area contributed by atoms with Gasteiger partial charge in [0.15, 0.2) is 12.4 Å². The number of ether oxygens (including phenoxy) is 1. The van der Waals surface area contributed by atoms with Crippen LogP contribution >= 0.6 is 50.5 Å². The van der Waals surface area contributed by atoms with Crippen molar-refractivity contribution in [2.45, 2.75) is 0 Å². The Morgan fingerprint density at radius 3 is 2.50 bits per heavy atom. The second-order valence-corrected chi connectivity index (χ2v) is 5.95. The molecule has 0 saturated carbocycles. The molecule has 0 radical (unpaired) electrons. The number of hydrogen-bond acceptors (Lipinski definition) is 3. The van der Waals surface area contributed by atoms with Gasteiger partial charge in [-0.25, -0.2) is 0 Å². The monoisotopic (exact) mass is 364 g/mol. The first-order valence-corrected chi connectivity index (χ1v) is 7.35. The van der Waals surface area contributed by atoms with Crippen molar-refractivity contribution in [3.8, 4) is 5.75 Å². The fraction of sp³-hybridized carbons (Fsp3) is 0.0833. The maximum absolute atomic E-state index is 11.9. The van der Waals surface area contributed by atoms with Crippen LogP contribution in [-0.4, -0.2) is 12.4 Å². The quantitative estimate of drug-likeness (QED) is 0.706. The first-order chi connectivity index (χ1) is 8.59. The lowest BCUT2D eigenvalue weighted by atomic mass is 10.3. The summed E-state index contributed by atoms with van der Waals surface area (Å²) in [5.74, 6) is 0.217. The Balaban J connectivity index is 2.09. The zero-order chi connectivity index (χ0) is 13.1. The number of para-hydroxylation sites is 1. The highest BCUT2D eigenvalue weighted by molar-refractivity contribution is 9.10. The minimum Gasteiger partial charge on any atom is -0.482 e. The van der Waals surface area contributed by atoms with Gasteiger partial charge in [0.2, 0.25) is 5.78 Å². The number of thiophene rings is 1. The maximum atomic E-state index is 11.9. The summed E-state index contributed by atoms with van der Waals surface area (Å²) in [7, 11) is 0. The molecule has 2 aromatic rings. The van der Waals surface area contributed by atoms with E-state index in [0.29, 0.717) is 20.7 Å². The van der Waals surface area contributed by atoms with E-state index in [9.17, 15) is 4.79 Å². The summed E-state index contributed by atoms with van der Waals surface area (Å²) in [6.45, 7) is -0.0947. The number of hydrogen-bond donors (Lipinski definition) is 0. The largest absolute Gasteiger partial charge is 0.482 e. The van der Waals surface area contributed by atoms with Gasteiger partial charge in [-0.2, -0.15) is 0 Å². The number of ketones is 1. The number of rotatable bonds is 4. The van der Waals surface area contributed by atoms with Crippen LogP contribution in [0.2, 0.25) is 10.0 Å². The first kappa shape index (κ1) is 13.9. The van der Waals surface area contributed by atoms with Crippen LogP contribution in [0.15, 0.2) is 34.1 Å². The van der Waals surface area contributed by atoms with Crippen molar-refractivity contribution in [3.05, 3.63) is 49.0 Å². The Morgan fingerprint density at radius 1 is 1.28 bits per heavy atom. The molecule has 94 valence electrons. The Labute approximate surface area is 127 Å². The molecule has 1 aromatic heterocycles. The average Bonchev–Trinajstić information content (AvgIpc) is 2.74. The Kier molecular flexibility index (Phi) is 4.67. The smallest absolute Gasteiger partial charge is 0.211 e. The third-order valence-corrected chi connectivity index (χ3v) is 4.61. The minimum absolute atomic E-state index is 0.0947. The molecule has 0 bridgehead atoms. The molecule has 0 aliphatic carbocycles. The van der Waals surface area contributed by atoms with E-state index < -0.39 is 0 Å². The molecule has 0 aliphatic rings. The van der Waals surface area contributed by atoms with Crippen molar-refractivity contribution in [1.82, 2.24) is 0 Å². The van der Waals surface area contributed by atoms with Crippen LogP contribution in [0.3, 0.4) is 0 Å². The van der Waals surface area contributed by atoms with Crippen molar-refractivity contribution in [2.75, 3.05) is 6.61 Å². The van der Waals surface area contributed by atoms with Crippen molar-refractivity contribution in [2.24, 2.45) is 0 Å². The van der Waals surface area contributed by atoms with Crippen LogP contribution in [0.1, 0.15) is 9.67 Å². The second kappa shape index (κ2) is 6.06. The van der Waals surface area contributed by atoms with E-state index >= 15 is 0 Å². The van der Waals surface area contributed by atoms with Crippen LogP contribution in [-0.2, 0) is 0 Å². The lowest BCUT2D eigenvalue weighted by Gasteiger charge is -2.08. The van der Waals surface area contributed by atoms with Gasteiger partial charge >= 0.3 is 0 Å². The minimum atomic E-state index is -0.118. The SMILES string of the molecule is O=C(COc1c(Cl)cccc1Cl)c1sccc1Br. The average molecular weight is 366 g/mol. The van der Waals surface area contributed by atoms with E-state index in [2.05, 4.69) is 15.9 Å². The summed E-state index contributed by atoms with van der Waals surface area (Å²) < 4.78 is 6.15. The van der Waals surface area contributed by atoms with Crippen molar-refractivity contribution in [3.63, 3.8) is 0 Å². The summed E-state index contributed by atoms with van der Waals surface area (Å²) in [5.41, 5.74) is 0. The molecule has 2 rings (SSSR count). The lowest BCUT2D eigenvalue weighted by Crippen LogP contribution is -2.11. The molecule has 0 fully saturated rings. The van der Waals surface area contributed by atoms with E-state index in [1.807, 2.05) is 11.4 Å². The zero-order valence-electron chi connectivity index (χ0n) is 8.95. The summed E-state index contributed by atoms with van der Waals surface area (Å²) in [6, 6.07) is 6.86. The van der Waals surface area contributed by atoms with Crippen molar-refractivity contribution in [1.29, 1.82) is 0 Å². The molecule has 2 nitrogen and oxygen atoms in total. The van der Waals surface area contributed by atoms with E-state index in [-0.39, 0.29) is 12.4 Å². The van der Waals surface area contributed by atoms with Gasteiger partial charge in [-0.05, 0) is 39.5 Å². The predicted molar refractivity (Wildman–Crippen MR) is 78.3 cm³/mol. The Hall–Kier alpha value is -0.550. The zero-order valence-corrected chi connectivity index (χ0v) is 12.9. The molecule has 18 heavy (non-hydrogen) atoms. The molecular weight excluding hydrogens is 359 g/mol. The third kappa shape index (κ3) is 3.06. The van der Waals surface area contributed by atoms with Crippen LogP contribution in [0.25, 0.3) is 0 Å². The Bertz CT molecular complexity index is 563. The van der Waals surface area contributed by atoms with Crippen molar-refractivity contribution >= 4 is 56.3 Å². The molecule has 0 unspecified atom stereocenters. The summed E-state index contributed by atoms with van der Waals surface area (Å²) in [5, 5.41) is 2.61. The van der Waals surface area contributed by atoms with Gasteiger partial charge in [-0.3, -0.25) is 4.79 Å². The van der Waals surface area contributed by atoms with E-state index in [4.69, 9.17) is 27.9 Å². The van der Waals surface area contributed by atoms with Crippen LogP contribution in [0, 0.1) is 0 Å². The van der Waals surface area contributed by atoms with Crippen molar-refractivity contribution < 1.29 is 9.53 Å². The van der Waals surface area contributed by atoms with Gasteiger partial charge in [0.05, 0.1) is 14.9 Å². The number of benzene rings is 1. The summed E-state index contributed by atoms with van der Waals surface area (Å²) >= 11 is 16.5. The highest BCUT2D eigenvalue weighted by Gasteiger charge is 2.14. The van der Waals surface area contributed by atoms with Crippen LogP contribution in [0.4, 0.5) is 0 Å². The number of halogens is 3. The lowest BCUT2D eigenvalue weighted by molar-refractivity contribution is 0.0925. The second-order valence-electron chi connectivity index (χ2n) is 3.36. The fourth-order valence-corrected chi connectivity index (χ4v) is 3.34. The standard InChI is InChI=1S/C12H7BrCl2O2S/c13-7-4-5-18-12(7)10(16)6-17-11-8(14)2-1-3-9(11)15/h1-5H,6H2. The number of Topliss-reactive ketones (excluding diaryl/α,β-unsaturated/α-hetero) is 1. The fourth-order valence-electron chi connectivity index (χ4n) is 1.32. The van der Waals surface area contributed by atoms with Gasteiger partial charge < -0.3 is 4.74 Å². The van der Waals surface area contributed by atoms with Crippen LogP contribution in [0.5, 0.6) is 5.75 Å². The predicted octanol–water partition coefficient (Wildman–Crippen LogP) is 5.08. The molecular formula is C12H7BrCl2O2S. The molecule has 0 atom stereocenters. The number of carbonyl (C=O) groups excluding carboxylic acids is 1. The molecule has 0 saturated heterocycles. The summed E-state index contributed by atoms with van der Waals surface area (Å²) in [6.07, 6.45) is 0. The maximum Gasteiger partial charge on any atom is 0.211 e. The molecule has 1 aromatic carbocycles. The van der Waals surface area contributed by atoms with E-state index in [1.165, 1.54) is 11.3 Å². The van der Waals surface area contributed by atoms with Gasteiger partial charge in [0, 0.05) is 4.47 Å². The first-order valence-electron chi connectivity index (χ1n) is 4.92. The van der Waals surface area contributed by atoms with Gasteiger partial charge in [0.25, 0.3) is 0 Å². The van der Waals surface area contributed by atoms with Crippen LogP contribution < -0.4 is 4.74 Å². The van der Waals surface area contributed by atoms with Gasteiger partial charge in [-0.15, -0.1) is 11.3 Å². The molecule has 6 heteroatoms. The summed E-state index contributed by atoms with van der Waals surface area (Å²) in [4.78, 5) is 12.5. The third-order valence-electron chi connectivity index (χ3n) is 2.14. The van der Waals surface area contributed by atoms with E-state index in [0.717, 1.165) is 4.47 Å². The molecule has 0 N–H and O–H groups in total. The molecule has 0 amide bonds. The molecule has 0 aliphatic heterocycles. The number of carbonyl (C=O) groups is 1.